The van der Waals surface area contributed by atoms with E-state index < -0.39 is 0 Å². The van der Waals surface area contributed by atoms with Crippen molar-refractivity contribution >= 4 is 12.0 Å². The van der Waals surface area contributed by atoms with Crippen LogP contribution < -0.4 is 12.4 Å². The molecule has 1 aliphatic rings. The van der Waals surface area contributed by atoms with Gasteiger partial charge in [-0.2, -0.15) is 0 Å². The molecule has 1 aliphatic heterocycles. The highest BCUT2D eigenvalue weighted by molar-refractivity contribution is 5.63. The second kappa shape index (κ2) is 7.84. The van der Waals surface area contributed by atoms with E-state index in [1.807, 2.05) is 36.4 Å². The van der Waals surface area contributed by atoms with Crippen LogP contribution in [-0.4, -0.2) is 16.6 Å². The zero-order valence-corrected chi connectivity index (χ0v) is 13.7. The maximum absolute atomic E-state index is 11.9. The summed E-state index contributed by atoms with van der Waals surface area (Å²) in [5, 5.41) is 4.56. The van der Waals surface area contributed by atoms with Gasteiger partial charge in [-0.3, -0.25) is 0 Å². The molecule has 0 N–H and O–H groups in total. The summed E-state index contributed by atoms with van der Waals surface area (Å²) in [6, 6.07) is 20.3. The lowest BCUT2D eigenvalue weighted by Crippen LogP contribution is -3.00. The Balaban J connectivity index is 0.00000192. The molecule has 3 rings (SSSR count). The third kappa shape index (κ3) is 4.14. The van der Waals surface area contributed by atoms with E-state index in [4.69, 9.17) is 0 Å². The fourth-order valence-electron chi connectivity index (χ4n) is 2.77. The van der Waals surface area contributed by atoms with Crippen LogP contribution in [0.25, 0.3) is 6.08 Å². The van der Waals surface area contributed by atoms with Gasteiger partial charge in [0.1, 0.15) is 6.04 Å². The molecule has 0 saturated carbocycles. The molecule has 2 aromatic carbocycles. The lowest BCUT2D eigenvalue weighted by atomic mass is 10.0. The summed E-state index contributed by atoms with van der Waals surface area (Å²) in [7, 11) is 0. The number of carbonyl (C=O) groups excluding carboxylic acids is 1. The number of nitrogens with zero attached hydrogens (tertiary/aromatic N) is 2. The molecule has 23 heavy (non-hydrogen) atoms. The average Bonchev–Trinajstić information content (AvgIpc) is 2.99. The molecule has 0 aromatic heterocycles. The third-order valence-corrected chi connectivity index (χ3v) is 3.85. The smallest absolute Gasteiger partial charge is 0.408 e. The van der Waals surface area contributed by atoms with Crippen molar-refractivity contribution < 1.29 is 21.9 Å². The predicted molar refractivity (Wildman–Crippen MR) is 86.4 cm³/mol. The van der Waals surface area contributed by atoms with Gasteiger partial charge in [-0.1, -0.05) is 72.8 Å². The molecule has 1 amide bonds. The van der Waals surface area contributed by atoms with Crippen molar-refractivity contribution in [3.05, 3.63) is 77.9 Å². The summed E-state index contributed by atoms with van der Waals surface area (Å²) in [6.07, 6.45) is 4.97. The van der Waals surface area contributed by atoms with Crippen molar-refractivity contribution in [2.24, 2.45) is 5.11 Å². The molecular weight excluding hydrogens is 308 g/mol. The van der Waals surface area contributed by atoms with Gasteiger partial charge in [-0.05, 0) is 15.4 Å². The zero-order valence-electron chi connectivity index (χ0n) is 13.0. The van der Waals surface area contributed by atoms with E-state index in [1.54, 1.807) is 11.6 Å². The van der Waals surface area contributed by atoms with Gasteiger partial charge in [0, 0.05) is 12.0 Å². The van der Waals surface area contributed by atoms with Crippen LogP contribution in [0.4, 0.5) is 0 Å². The fraction of sp³-hybridized carbons (Fsp3) is 0.211. The number of azo groups is 2. The van der Waals surface area contributed by atoms with E-state index in [2.05, 4.69) is 41.5 Å². The van der Waals surface area contributed by atoms with Crippen LogP contribution in [0.2, 0.25) is 0 Å². The van der Waals surface area contributed by atoms with Gasteiger partial charge < -0.3 is 12.4 Å². The maximum atomic E-state index is 11.9. The quantitative estimate of drug-likeness (QED) is 0.781. The molecule has 3 nitrogen and oxygen atoms in total. The molecule has 0 fully saturated rings. The number of benzene rings is 2. The Kier molecular flexibility index (Phi) is 5.83. The minimum Gasteiger partial charge on any atom is -1.00 e. The summed E-state index contributed by atoms with van der Waals surface area (Å²) < 4.78 is 1.62. The van der Waals surface area contributed by atoms with Crippen LogP contribution in [0.5, 0.6) is 0 Å². The summed E-state index contributed by atoms with van der Waals surface area (Å²) in [4.78, 5) is 11.9. The molecule has 118 valence electrons. The van der Waals surface area contributed by atoms with E-state index in [-0.39, 0.29) is 30.4 Å². The van der Waals surface area contributed by atoms with Gasteiger partial charge in [0.15, 0.2) is 0 Å². The number of halogens is 1. The number of hydrogen-bond acceptors (Lipinski definition) is 2. The summed E-state index contributed by atoms with van der Waals surface area (Å²) in [6.45, 7) is 1.57. The standard InChI is InChI=1S/C19H19N2O.ClH/c1-15(22)21-19(17-10-6-3-7-11-17)14-18(20-21)13-12-16-8-4-2-5-9-16;/h2-13,18-19H,14H2,1H3;1H/q+1;/p-1/b13-12+;. The van der Waals surface area contributed by atoms with Crippen LogP contribution in [0.3, 0.4) is 0 Å². The lowest BCUT2D eigenvalue weighted by Gasteiger charge is -2.04. The Morgan fingerprint density at radius 1 is 1.09 bits per heavy atom. The Morgan fingerprint density at radius 2 is 1.70 bits per heavy atom. The zero-order chi connectivity index (χ0) is 15.4. The number of rotatable bonds is 3. The van der Waals surface area contributed by atoms with E-state index >= 15 is 0 Å². The molecule has 0 spiro atoms. The van der Waals surface area contributed by atoms with Gasteiger partial charge >= 0.3 is 5.91 Å². The molecular formula is C19H19ClN2O. The molecule has 4 heteroatoms. The van der Waals surface area contributed by atoms with Crippen molar-refractivity contribution in [3.8, 4) is 0 Å². The summed E-state index contributed by atoms with van der Waals surface area (Å²) >= 11 is 0. The first kappa shape index (κ1) is 17.1. The number of amides is 1. The predicted octanol–water partition coefficient (Wildman–Crippen LogP) is 1.23. The van der Waals surface area contributed by atoms with Gasteiger partial charge in [0.2, 0.25) is 6.04 Å². The molecule has 2 atom stereocenters. The van der Waals surface area contributed by atoms with E-state index in [0.29, 0.717) is 0 Å². The number of carbonyl (C=O) groups is 1. The highest BCUT2D eigenvalue weighted by Gasteiger charge is 2.38. The summed E-state index contributed by atoms with van der Waals surface area (Å²) in [5.41, 5.74) is 2.28. The van der Waals surface area contributed by atoms with Crippen LogP contribution in [0.15, 0.2) is 71.9 Å². The maximum Gasteiger partial charge on any atom is 0.408 e. The Hall–Kier alpha value is -2.26. The van der Waals surface area contributed by atoms with Crippen molar-refractivity contribution in [1.29, 1.82) is 0 Å². The first-order valence-corrected chi connectivity index (χ1v) is 7.53. The normalized spacial score (nSPS) is 20.1. The largest absolute Gasteiger partial charge is 1.00 e. The first-order chi connectivity index (χ1) is 10.7. The fourth-order valence-corrected chi connectivity index (χ4v) is 2.77. The average molecular weight is 327 g/mol. The van der Waals surface area contributed by atoms with Crippen molar-refractivity contribution in [1.82, 2.24) is 0 Å². The van der Waals surface area contributed by atoms with Crippen molar-refractivity contribution in [2.45, 2.75) is 25.4 Å². The van der Waals surface area contributed by atoms with Crippen LogP contribution in [-0.2, 0) is 4.79 Å². The number of hydrogen-bond donors (Lipinski definition) is 0. The summed E-state index contributed by atoms with van der Waals surface area (Å²) in [5.74, 6) is -0.00976. The monoisotopic (exact) mass is 326 g/mol. The van der Waals surface area contributed by atoms with Crippen LogP contribution >= 0.6 is 0 Å². The highest BCUT2D eigenvalue weighted by atomic mass is 35.5. The van der Waals surface area contributed by atoms with Crippen LogP contribution in [0, 0.1) is 0 Å². The minimum atomic E-state index is -0.00976. The Morgan fingerprint density at radius 3 is 2.30 bits per heavy atom. The molecule has 1 heterocycles. The third-order valence-electron chi connectivity index (χ3n) is 3.85. The minimum absolute atomic E-state index is 0. The molecule has 0 aliphatic carbocycles. The molecule has 2 aromatic rings. The van der Waals surface area contributed by atoms with Crippen molar-refractivity contribution in [2.75, 3.05) is 0 Å². The lowest BCUT2D eigenvalue weighted by molar-refractivity contribution is -0.541. The van der Waals surface area contributed by atoms with E-state index in [0.717, 1.165) is 17.5 Å². The molecule has 2 unspecified atom stereocenters. The Labute approximate surface area is 142 Å². The highest BCUT2D eigenvalue weighted by Crippen LogP contribution is 2.30. The van der Waals surface area contributed by atoms with E-state index in [9.17, 15) is 4.79 Å². The molecule has 0 saturated heterocycles. The first-order valence-electron chi connectivity index (χ1n) is 7.53. The molecule has 0 radical (unpaired) electrons. The topological polar surface area (TPSA) is 32.4 Å². The van der Waals surface area contributed by atoms with E-state index in [1.165, 1.54) is 0 Å². The van der Waals surface area contributed by atoms with Gasteiger partial charge in [-0.15, -0.1) is 0 Å². The second-order valence-corrected chi connectivity index (χ2v) is 5.48. The van der Waals surface area contributed by atoms with Crippen molar-refractivity contribution in [3.63, 3.8) is 0 Å². The SMILES string of the molecule is CC(=O)[N+]1=NC(/C=C/c2ccccc2)CC1c1ccccc1.[Cl-]. The Bertz CT molecular complexity index is 711. The van der Waals surface area contributed by atoms with Crippen LogP contribution in [0.1, 0.15) is 30.5 Å². The second-order valence-electron chi connectivity index (χ2n) is 5.48. The van der Waals surface area contributed by atoms with Gasteiger partial charge in [0.25, 0.3) is 0 Å². The van der Waals surface area contributed by atoms with Gasteiger partial charge in [-0.25, -0.2) is 4.79 Å². The molecule has 0 bridgehead atoms. The van der Waals surface area contributed by atoms with Gasteiger partial charge in [0.05, 0.1) is 6.92 Å².